The second-order valence-corrected chi connectivity index (χ2v) is 4.32. The molecule has 0 radical (unpaired) electrons. The molecule has 0 unspecified atom stereocenters. The molecule has 0 saturated heterocycles. The third-order valence-corrected chi connectivity index (χ3v) is 3.00. The molecule has 1 aromatic heterocycles. The second-order valence-electron chi connectivity index (χ2n) is 3.92. The topological polar surface area (TPSA) is 67.4 Å². The number of hydrogen-bond donors (Lipinski definition) is 1. The maximum atomic E-state index is 8.67. The molecule has 2 aromatic rings. The van der Waals surface area contributed by atoms with E-state index in [9.17, 15) is 0 Å². The first kappa shape index (κ1) is 11.8. The fourth-order valence-electron chi connectivity index (χ4n) is 1.77. The van der Waals surface area contributed by atoms with Crippen LogP contribution in [0.1, 0.15) is 11.5 Å². The van der Waals surface area contributed by atoms with E-state index in [4.69, 9.17) is 30.8 Å². The zero-order valence-electron chi connectivity index (χ0n) is 9.77. The van der Waals surface area contributed by atoms with E-state index in [0.29, 0.717) is 28.8 Å². The van der Waals surface area contributed by atoms with Gasteiger partial charge in [-0.2, -0.15) is 5.26 Å². The molecule has 6 heteroatoms. The van der Waals surface area contributed by atoms with Crippen molar-refractivity contribution in [1.29, 1.82) is 5.26 Å². The number of furan rings is 1. The van der Waals surface area contributed by atoms with E-state index in [1.165, 1.54) is 0 Å². The van der Waals surface area contributed by atoms with Gasteiger partial charge in [0.15, 0.2) is 11.5 Å². The molecule has 1 N–H and O–H groups in total. The van der Waals surface area contributed by atoms with Gasteiger partial charge in [0.25, 0.3) is 0 Å². The number of ether oxygens (including phenoxy) is 2. The number of nitrogens with zero attached hydrogens (tertiary/aromatic N) is 1. The van der Waals surface area contributed by atoms with Crippen LogP contribution in [0, 0.1) is 11.3 Å². The number of fused-ring (bicyclic) bond motifs is 1. The van der Waals surface area contributed by atoms with Gasteiger partial charge in [0.2, 0.25) is 12.6 Å². The van der Waals surface area contributed by atoms with Crippen molar-refractivity contribution >= 4 is 17.3 Å². The van der Waals surface area contributed by atoms with Crippen LogP contribution in [0.3, 0.4) is 0 Å². The maximum absolute atomic E-state index is 8.67. The van der Waals surface area contributed by atoms with Crippen molar-refractivity contribution < 1.29 is 13.9 Å². The average molecular weight is 277 g/mol. The Kier molecular flexibility index (Phi) is 2.94. The fourth-order valence-corrected chi connectivity index (χ4v) is 1.99. The smallest absolute Gasteiger partial charge is 0.231 e. The highest BCUT2D eigenvalue weighted by Crippen LogP contribution is 2.39. The summed E-state index contributed by atoms with van der Waals surface area (Å²) in [6.07, 6.45) is 0. The lowest BCUT2D eigenvalue weighted by Crippen LogP contribution is -1.98. The minimum Gasteiger partial charge on any atom is -0.454 e. The van der Waals surface area contributed by atoms with Crippen LogP contribution in [0.5, 0.6) is 11.5 Å². The van der Waals surface area contributed by atoms with E-state index in [1.807, 2.05) is 6.07 Å². The lowest BCUT2D eigenvalue weighted by molar-refractivity contribution is 0.174. The molecule has 3 rings (SSSR count). The van der Waals surface area contributed by atoms with Gasteiger partial charge in [-0.25, -0.2) is 0 Å². The molecular formula is C13H9ClN2O3. The number of rotatable bonds is 3. The molecule has 0 saturated carbocycles. The third-order valence-electron chi connectivity index (χ3n) is 2.69. The van der Waals surface area contributed by atoms with Gasteiger partial charge in [0.1, 0.15) is 11.8 Å². The first-order chi connectivity index (χ1) is 9.26. The minimum absolute atomic E-state index is 0.207. The molecule has 5 nitrogen and oxygen atoms in total. The summed E-state index contributed by atoms with van der Waals surface area (Å²) in [5.74, 6) is 2.24. The molecule has 96 valence electrons. The van der Waals surface area contributed by atoms with Gasteiger partial charge in [0, 0.05) is 12.1 Å². The maximum Gasteiger partial charge on any atom is 0.231 e. The molecule has 0 spiro atoms. The van der Waals surface area contributed by atoms with Crippen molar-refractivity contribution in [2.75, 3.05) is 12.1 Å². The molecule has 0 aliphatic carbocycles. The quantitative estimate of drug-likeness (QED) is 0.933. The Labute approximate surface area is 114 Å². The molecule has 0 atom stereocenters. The Hall–Kier alpha value is -2.32. The van der Waals surface area contributed by atoms with E-state index >= 15 is 0 Å². The molecule has 1 aliphatic heterocycles. The first-order valence-electron chi connectivity index (χ1n) is 5.58. The van der Waals surface area contributed by atoms with Crippen LogP contribution >= 0.6 is 11.6 Å². The van der Waals surface area contributed by atoms with Crippen molar-refractivity contribution in [2.45, 2.75) is 6.54 Å². The number of nitriles is 1. The molecule has 1 aromatic carbocycles. The van der Waals surface area contributed by atoms with Crippen LogP contribution in [0.15, 0.2) is 28.7 Å². The Balaban J connectivity index is 1.75. The van der Waals surface area contributed by atoms with Crippen molar-refractivity contribution in [3.05, 3.63) is 40.8 Å². The van der Waals surface area contributed by atoms with E-state index < -0.39 is 0 Å². The van der Waals surface area contributed by atoms with Crippen LogP contribution in [-0.2, 0) is 6.54 Å². The second kappa shape index (κ2) is 4.75. The molecule has 0 amide bonds. The third kappa shape index (κ3) is 2.30. The molecule has 0 bridgehead atoms. The van der Waals surface area contributed by atoms with Gasteiger partial charge in [0.05, 0.1) is 17.3 Å². The summed E-state index contributed by atoms with van der Waals surface area (Å²) in [6.45, 7) is 0.639. The molecule has 19 heavy (non-hydrogen) atoms. The Bertz CT molecular complexity index is 660. The van der Waals surface area contributed by atoms with Crippen molar-refractivity contribution in [3.63, 3.8) is 0 Å². The summed E-state index contributed by atoms with van der Waals surface area (Å²) in [5.41, 5.74) is 0.723. The highest BCUT2D eigenvalue weighted by molar-refractivity contribution is 6.33. The van der Waals surface area contributed by atoms with E-state index in [-0.39, 0.29) is 12.6 Å². The van der Waals surface area contributed by atoms with Gasteiger partial charge < -0.3 is 19.2 Å². The van der Waals surface area contributed by atoms with E-state index in [2.05, 4.69) is 5.32 Å². The summed E-state index contributed by atoms with van der Waals surface area (Å²) in [6, 6.07) is 8.78. The lowest BCUT2D eigenvalue weighted by atomic mass is 10.2. The highest BCUT2D eigenvalue weighted by Gasteiger charge is 2.16. The summed E-state index contributed by atoms with van der Waals surface area (Å²) < 4.78 is 15.8. The molecule has 0 fully saturated rings. The zero-order valence-corrected chi connectivity index (χ0v) is 10.5. The van der Waals surface area contributed by atoms with Crippen molar-refractivity contribution in [2.24, 2.45) is 0 Å². The monoisotopic (exact) mass is 276 g/mol. The molecule has 1 aliphatic rings. The predicted molar refractivity (Wildman–Crippen MR) is 68.3 cm³/mol. The standard InChI is InChI=1S/C13H9ClN2O3/c14-10-3-12-13(18-7-17-12)4-11(10)16-6-9-2-1-8(5-15)19-9/h1-4,16H,6-7H2. The Morgan fingerprint density at radius 3 is 2.79 bits per heavy atom. The van der Waals surface area contributed by atoms with Crippen LogP contribution in [0.2, 0.25) is 5.02 Å². The van der Waals surface area contributed by atoms with E-state index in [0.717, 1.165) is 5.69 Å². The van der Waals surface area contributed by atoms with Gasteiger partial charge in [-0.15, -0.1) is 0 Å². The number of halogens is 1. The van der Waals surface area contributed by atoms with Gasteiger partial charge >= 0.3 is 0 Å². The summed E-state index contributed by atoms with van der Waals surface area (Å²) in [7, 11) is 0. The first-order valence-corrected chi connectivity index (χ1v) is 5.96. The Morgan fingerprint density at radius 2 is 2.05 bits per heavy atom. The molecular weight excluding hydrogens is 268 g/mol. The summed E-state index contributed by atoms with van der Waals surface area (Å²) >= 11 is 6.13. The largest absolute Gasteiger partial charge is 0.454 e. The lowest BCUT2D eigenvalue weighted by Gasteiger charge is -2.08. The van der Waals surface area contributed by atoms with Crippen molar-refractivity contribution in [1.82, 2.24) is 0 Å². The predicted octanol–water partition coefficient (Wildman–Crippen LogP) is 3.15. The number of nitrogens with one attached hydrogen (secondary N) is 1. The Morgan fingerprint density at radius 1 is 1.26 bits per heavy atom. The summed E-state index contributed by atoms with van der Waals surface area (Å²) in [4.78, 5) is 0. The van der Waals surface area contributed by atoms with Crippen molar-refractivity contribution in [3.8, 4) is 17.6 Å². The number of benzene rings is 1. The van der Waals surface area contributed by atoms with E-state index in [1.54, 1.807) is 24.3 Å². The molecule has 2 heterocycles. The number of hydrogen-bond acceptors (Lipinski definition) is 5. The minimum atomic E-state index is 0.207. The van der Waals surface area contributed by atoms with Crippen LogP contribution in [0.25, 0.3) is 0 Å². The van der Waals surface area contributed by atoms with Crippen LogP contribution in [0.4, 0.5) is 5.69 Å². The van der Waals surface area contributed by atoms with Gasteiger partial charge in [-0.1, -0.05) is 11.6 Å². The van der Waals surface area contributed by atoms with Crippen LogP contribution in [-0.4, -0.2) is 6.79 Å². The SMILES string of the molecule is N#Cc1ccc(CNc2cc3c(cc2Cl)OCO3)o1. The highest BCUT2D eigenvalue weighted by atomic mass is 35.5. The van der Waals surface area contributed by atoms with Gasteiger partial charge in [-0.05, 0) is 12.1 Å². The van der Waals surface area contributed by atoms with Crippen LogP contribution < -0.4 is 14.8 Å². The number of anilines is 1. The fraction of sp³-hybridized carbons (Fsp3) is 0.154. The zero-order chi connectivity index (χ0) is 13.2. The average Bonchev–Trinajstić information content (AvgIpc) is 3.03. The van der Waals surface area contributed by atoms with Gasteiger partial charge in [-0.3, -0.25) is 0 Å². The summed E-state index contributed by atoms with van der Waals surface area (Å²) in [5, 5.41) is 12.3. The normalized spacial score (nSPS) is 12.2.